The average Bonchev–Trinajstić information content (AvgIpc) is 2.97. The molecule has 40 heavy (non-hydrogen) atoms. The van der Waals surface area contributed by atoms with Gasteiger partial charge < -0.3 is 9.47 Å². The Kier molecular flexibility index (Phi) is 14.5. The maximum atomic E-state index is 14.9. The van der Waals surface area contributed by atoms with Crippen molar-refractivity contribution in [2.24, 2.45) is 0 Å². The van der Waals surface area contributed by atoms with Crippen LogP contribution in [-0.4, -0.2) is 22.7 Å². The van der Waals surface area contributed by atoms with E-state index in [0.29, 0.717) is 23.7 Å². The number of rotatable bonds is 20. The van der Waals surface area contributed by atoms with Crippen LogP contribution in [0.4, 0.5) is 4.39 Å². The Bertz CT molecular complexity index is 1090. The zero-order valence-electron chi connectivity index (χ0n) is 25.0. The molecule has 0 fully saturated rings. The summed E-state index contributed by atoms with van der Waals surface area (Å²) in [5, 5.41) is 0. The second-order valence-corrected chi connectivity index (χ2v) is 10.9. The van der Waals surface area contributed by atoms with Crippen molar-refractivity contribution in [3.05, 3.63) is 60.7 Å². The molecule has 1 heterocycles. The van der Waals surface area contributed by atoms with E-state index in [1.807, 2.05) is 24.3 Å². The molecule has 0 radical (unpaired) electrons. The second-order valence-electron chi connectivity index (χ2n) is 10.9. The van der Waals surface area contributed by atoms with E-state index in [1.54, 1.807) is 24.5 Å². The van der Waals surface area contributed by atoms with Crippen molar-refractivity contribution < 1.29 is 13.9 Å². The van der Waals surface area contributed by atoms with Crippen LogP contribution in [-0.2, 0) is 0 Å². The molecule has 3 rings (SSSR count). The molecule has 0 aliphatic heterocycles. The fraction of sp³-hybridized carbons (Fsp3) is 0.543. The van der Waals surface area contributed by atoms with E-state index in [0.717, 1.165) is 36.1 Å². The van der Waals surface area contributed by atoms with Gasteiger partial charge in [0, 0.05) is 24.0 Å². The highest BCUT2D eigenvalue weighted by atomic mass is 19.1. The molecule has 0 saturated carbocycles. The number of unbranched alkanes of at least 4 members (excludes halogenated alkanes) is 11. The van der Waals surface area contributed by atoms with Gasteiger partial charge in [0.25, 0.3) is 0 Å². The average molecular weight is 549 g/mol. The molecule has 0 aliphatic carbocycles. The topological polar surface area (TPSA) is 44.2 Å². The Morgan fingerprint density at radius 3 is 1.88 bits per heavy atom. The van der Waals surface area contributed by atoms with E-state index in [1.165, 1.54) is 76.7 Å². The molecule has 0 N–H and O–H groups in total. The minimum Gasteiger partial charge on any atom is -0.493 e. The summed E-state index contributed by atoms with van der Waals surface area (Å²) in [6, 6.07) is 12.9. The summed E-state index contributed by atoms with van der Waals surface area (Å²) in [4.78, 5) is 8.88. The van der Waals surface area contributed by atoms with Crippen molar-refractivity contribution in [3.8, 4) is 34.0 Å². The molecule has 1 atom stereocenters. The molecule has 0 unspecified atom stereocenters. The van der Waals surface area contributed by atoms with Crippen LogP contribution in [0.1, 0.15) is 111 Å². The first-order valence-electron chi connectivity index (χ1n) is 15.6. The third kappa shape index (κ3) is 11.3. The van der Waals surface area contributed by atoms with Gasteiger partial charge in [-0.15, -0.1) is 0 Å². The molecule has 0 bridgehead atoms. The smallest absolute Gasteiger partial charge is 0.162 e. The zero-order valence-corrected chi connectivity index (χ0v) is 25.0. The van der Waals surface area contributed by atoms with Gasteiger partial charge in [0.2, 0.25) is 0 Å². The summed E-state index contributed by atoms with van der Waals surface area (Å²) in [6.45, 7) is 7.22. The fourth-order valence-electron chi connectivity index (χ4n) is 4.86. The Hall–Kier alpha value is -2.95. The van der Waals surface area contributed by atoms with E-state index < -0.39 is 0 Å². The van der Waals surface area contributed by atoms with Gasteiger partial charge in [-0.25, -0.2) is 14.4 Å². The molecule has 0 saturated heterocycles. The quantitative estimate of drug-likeness (QED) is 0.132. The van der Waals surface area contributed by atoms with Crippen LogP contribution in [0.5, 0.6) is 11.5 Å². The predicted molar refractivity (Wildman–Crippen MR) is 164 cm³/mol. The van der Waals surface area contributed by atoms with E-state index in [9.17, 15) is 4.39 Å². The number of hydrogen-bond donors (Lipinski definition) is 0. The van der Waals surface area contributed by atoms with Crippen molar-refractivity contribution in [1.82, 2.24) is 9.97 Å². The molecule has 218 valence electrons. The fourth-order valence-corrected chi connectivity index (χ4v) is 4.86. The summed E-state index contributed by atoms with van der Waals surface area (Å²) in [5.41, 5.74) is 2.25. The zero-order chi connectivity index (χ0) is 28.4. The Labute approximate surface area is 241 Å². The Balaban J connectivity index is 1.43. The molecule has 0 aliphatic rings. The molecule has 4 nitrogen and oxygen atoms in total. The van der Waals surface area contributed by atoms with Crippen LogP contribution in [0.3, 0.4) is 0 Å². The number of ether oxygens (including phenoxy) is 2. The van der Waals surface area contributed by atoms with Crippen LogP contribution >= 0.6 is 0 Å². The van der Waals surface area contributed by atoms with Crippen LogP contribution < -0.4 is 9.47 Å². The van der Waals surface area contributed by atoms with Gasteiger partial charge in [-0.3, -0.25) is 0 Å². The molecule has 0 spiro atoms. The van der Waals surface area contributed by atoms with Crippen molar-refractivity contribution in [2.75, 3.05) is 6.61 Å². The van der Waals surface area contributed by atoms with Gasteiger partial charge in [0.15, 0.2) is 5.82 Å². The third-order valence-electron chi connectivity index (χ3n) is 7.34. The highest BCUT2D eigenvalue weighted by molar-refractivity contribution is 5.64. The van der Waals surface area contributed by atoms with E-state index in [2.05, 4.69) is 30.7 Å². The monoisotopic (exact) mass is 548 g/mol. The predicted octanol–water partition coefficient (Wildman–Crippen LogP) is 10.6. The highest BCUT2D eigenvalue weighted by Gasteiger charge is 2.11. The van der Waals surface area contributed by atoms with Crippen LogP contribution in [0, 0.1) is 5.82 Å². The normalized spacial score (nSPS) is 11.9. The first-order chi connectivity index (χ1) is 19.6. The standard InChI is InChI=1S/C35H49FN2O2/c1-4-6-8-10-11-12-13-14-16-24-39-32-22-23-33(34(36)25-32)35-37-26-30(27-38-35)29-18-20-31(21-19-29)40-28(3)17-15-9-7-5-2/h18-23,25-28H,4-17,24H2,1-3H3/t28-/m0/s1. The summed E-state index contributed by atoms with van der Waals surface area (Å²) in [5.74, 6) is 1.41. The van der Waals surface area contributed by atoms with Crippen molar-refractivity contribution in [2.45, 2.75) is 117 Å². The summed E-state index contributed by atoms with van der Waals surface area (Å²) >= 11 is 0. The molecule has 1 aromatic heterocycles. The van der Waals surface area contributed by atoms with Gasteiger partial charge in [-0.1, -0.05) is 96.6 Å². The number of aromatic nitrogens is 2. The van der Waals surface area contributed by atoms with Crippen molar-refractivity contribution >= 4 is 0 Å². The Morgan fingerprint density at radius 2 is 1.25 bits per heavy atom. The highest BCUT2D eigenvalue weighted by Crippen LogP contribution is 2.27. The van der Waals surface area contributed by atoms with Crippen LogP contribution in [0.2, 0.25) is 0 Å². The number of nitrogens with zero attached hydrogens (tertiary/aromatic N) is 2. The number of halogens is 1. The molecule has 2 aromatic carbocycles. The van der Waals surface area contributed by atoms with Gasteiger partial charge in [0.1, 0.15) is 17.3 Å². The second kappa shape index (κ2) is 18.4. The largest absolute Gasteiger partial charge is 0.493 e. The first-order valence-corrected chi connectivity index (χ1v) is 15.6. The summed E-state index contributed by atoms with van der Waals surface area (Å²) in [6.07, 6.45) is 21.1. The van der Waals surface area contributed by atoms with E-state index in [-0.39, 0.29) is 11.9 Å². The molecular formula is C35H49FN2O2. The lowest BCUT2D eigenvalue weighted by Crippen LogP contribution is -2.11. The lowest BCUT2D eigenvalue weighted by Gasteiger charge is -2.15. The van der Waals surface area contributed by atoms with Crippen molar-refractivity contribution in [3.63, 3.8) is 0 Å². The maximum absolute atomic E-state index is 14.9. The number of hydrogen-bond acceptors (Lipinski definition) is 4. The molecule has 0 amide bonds. The minimum absolute atomic E-state index is 0.201. The summed E-state index contributed by atoms with van der Waals surface area (Å²) < 4.78 is 26.7. The van der Waals surface area contributed by atoms with Crippen LogP contribution in [0.15, 0.2) is 54.9 Å². The van der Waals surface area contributed by atoms with Gasteiger partial charge in [-0.05, 0) is 56.0 Å². The maximum Gasteiger partial charge on any atom is 0.162 e. The van der Waals surface area contributed by atoms with E-state index >= 15 is 0 Å². The lowest BCUT2D eigenvalue weighted by atomic mass is 10.1. The van der Waals surface area contributed by atoms with Crippen molar-refractivity contribution in [1.29, 1.82) is 0 Å². The van der Waals surface area contributed by atoms with Gasteiger partial charge in [-0.2, -0.15) is 0 Å². The molecular weight excluding hydrogens is 499 g/mol. The third-order valence-corrected chi connectivity index (χ3v) is 7.34. The SMILES string of the molecule is CCCCCCCCCCCOc1ccc(-c2ncc(-c3ccc(O[C@@H](C)CCCCCC)cc3)cn2)c(F)c1. The van der Waals surface area contributed by atoms with Gasteiger partial charge in [0.05, 0.1) is 18.3 Å². The minimum atomic E-state index is -0.373. The molecule has 3 aromatic rings. The summed E-state index contributed by atoms with van der Waals surface area (Å²) in [7, 11) is 0. The Morgan fingerprint density at radius 1 is 0.675 bits per heavy atom. The van der Waals surface area contributed by atoms with Gasteiger partial charge >= 0.3 is 0 Å². The number of benzene rings is 2. The lowest BCUT2D eigenvalue weighted by molar-refractivity contribution is 0.206. The molecule has 5 heteroatoms. The van der Waals surface area contributed by atoms with Crippen LogP contribution in [0.25, 0.3) is 22.5 Å². The first kappa shape index (κ1) is 31.6. The van der Waals surface area contributed by atoms with E-state index in [4.69, 9.17) is 9.47 Å².